The van der Waals surface area contributed by atoms with Gasteiger partial charge in [0.2, 0.25) is 0 Å². The quantitative estimate of drug-likeness (QED) is 0.770. The first kappa shape index (κ1) is 16.6. The van der Waals surface area contributed by atoms with Gasteiger partial charge in [-0.15, -0.1) is 0 Å². The number of hydrogen-bond donors (Lipinski definition) is 0. The number of nitrogens with zero attached hydrogens (tertiary/aromatic N) is 2. The fourth-order valence-electron chi connectivity index (χ4n) is 3.36. The molecule has 3 rings (SSSR count). The second-order valence-corrected chi connectivity index (χ2v) is 6.09. The Balaban J connectivity index is 2.03. The van der Waals surface area contributed by atoms with Gasteiger partial charge in [0.05, 0.1) is 31.6 Å². The van der Waals surface area contributed by atoms with E-state index in [1.807, 2.05) is 35.9 Å². The van der Waals surface area contributed by atoms with Crippen molar-refractivity contribution in [3.63, 3.8) is 0 Å². The first-order valence-corrected chi connectivity index (χ1v) is 8.63. The van der Waals surface area contributed by atoms with E-state index in [0.29, 0.717) is 18.2 Å². The average molecular weight is 328 g/mol. The molecule has 1 aromatic heterocycles. The molecule has 1 heterocycles. The first-order valence-electron chi connectivity index (χ1n) is 8.63. The zero-order valence-corrected chi connectivity index (χ0v) is 14.3. The lowest BCUT2D eigenvalue weighted by Gasteiger charge is -2.24. The molecule has 5 nitrogen and oxygen atoms in total. The summed E-state index contributed by atoms with van der Waals surface area (Å²) in [6.45, 7) is 2.17. The van der Waals surface area contributed by atoms with Crippen LogP contribution in [0.4, 0.5) is 0 Å². The number of methoxy groups -OCH3 is 1. The van der Waals surface area contributed by atoms with Gasteiger partial charge in [0.25, 0.3) is 0 Å². The molecule has 5 heteroatoms. The minimum atomic E-state index is -0.314. The van der Waals surface area contributed by atoms with Crippen LogP contribution in [-0.2, 0) is 4.74 Å². The topological polar surface area (TPSA) is 53.3 Å². The zero-order chi connectivity index (χ0) is 16.9. The Hall–Kier alpha value is -2.30. The summed E-state index contributed by atoms with van der Waals surface area (Å²) in [7, 11) is 1.64. The molecule has 128 valence electrons. The number of benzene rings is 1. The summed E-state index contributed by atoms with van der Waals surface area (Å²) < 4.78 is 12.5. The summed E-state index contributed by atoms with van der Waals surface area (Å²) in [5, 5.41) is 4.55. The van der Waals surface area contributed by atoms with E-state index < -0.39 is 0 Å². The molecule has 0 bridgehead atoms. The van der Waals surface area contributed by atoms with Crippen LogP contribution in [0.25, 0.3) is 11.3 Å². The van der Waals surface area contributed by atoms with Gasteiger partial charge in [0.15, 0.2) is 0 Å². The molecule has 24 heavy (non-hydrogen) atoms. The molecule has 1 fully saturated rings. The predicted molar refractivity (Wildman–Crippen MR) is 92.3 cm³/mol. The molecule has 0 radical (unpaired) electrons. The summed E-state index contributed by atoms with van der Waals surface area (Å²) in [6, 6.07) is 8.10. The van der Waals surface area contributed by atoms with Crippen LogP contribution >= 0.6 is 0 Å². The second kappa shape index (κ2) is 7.51. The van der Waals surface area contributed by atoms with Gasteiger partial charge >= 0.3 is 5.97 Å². The molecule has 1 aromatic carbocycles. The van der Waals surface area contributed by atoms with Crippen molar-refractivity contribution >= 4 is 5.97 Å². The normalized spacial score (nSPS) is 15.2. The van der Waals surface area contributed by atoms with Gasteiger partial charge in [-0.2, -0.15) is 5.10 Å². The van der Waals surface area contributed by atoms with E-state index in [0.717, 1.165) is 29.8 Å². The molecular weight excluding hydrogens is 304 g/mol. The molecule has 2 aromatic rings. The highest BCUT2D eigenvalue weighted by atomic mass is 16.5. The number of ether oxygens (including phenoxy) is 2. The molecule has 0 saturated heterocycles. The van der Waals surface area contributed by atoms with Crippen molar-refractivity contribution < 1.29 is 14.3 Å². The van der Waals surface area contributed by atoms with Gasteiger partial charge in [0, 0.05) is 5.56 Å². The van der Waals surface area contributed by atoms with E-state index in [4.69, 9.17) is 9.47 Å². The largest absolute Gasteiger partial charge is 0.497 e. The highest BCUT2D eigenvalue weighted by Gasteiger charge is 2.25. The van der Waals surface area contributed by atoms with E-state index in [-0.39, 0.29) is 5.97 Å². The molecule has 1 aliphatic rings. The van der Waals surface area contributed by atoms with E-state index in [9.17, 15) is 4.79 Å². The molecule has 0 N–H and O–H groups in total. The van der Waals surface area contributed by atoms with E-state index in [1.165, 1.54) is 19.3 Å². The number of rotatable bonds is 5. The minimum Gasteiger partial charge on any atom is -0.497 e. The lowest BCUT2D eigenvalue weighted by atomic mass is 9.95. The Bertz CT molecular complexity index is 685. The third-order valence-electron chi connectivity index (χ3n) is 4.57. The predicted octanol–water partition coefficient (Wildman–Crippen LogP) is 4.24. The van der Waals surface area contributed by atoms with Crippen LogP contribution < -0.4 is 4.74 Å². The van der Waals surface area contributed by atoms with Gasteiger partial charge in [0.1, 0.15) is 11.3 Å². The summed E-state index contributed by atoms with van der Waals surface area (Å²) in [5.74, 6) is 0.477. The number of esters is 1. The second-order valence-electron chi connectivity index (χ2n) is 6.09. The monoisotopic (exact) mass is 328 g/mol. The molecule has 1 saturated carbocycles. The highest BCUT2D eigenvalue weighted by molar-refractivity contribution is 5.96. The Morgan fingerprint density at radius 1 is 1.21 bits per heavy atom. The van der Waals surface area contributed by atoms with Crippen LogP contribution in [0.3, 0.4) is 0 Å². The van der Waals surface area contributed by atoms with Crippen molar-refractivity contribution in [3.05, 3.63) is 36.0 Å². The van der Waals surface area contributed by atoms with Gasteiger partial charge < -0.3 is 9.47 Å². The average Bonchev–Trinajstić information content (AvgIpc) is 3.08. The Labute approximate surface area is 142 Å². The van der Waals surface area contributed by atoms with Crippen LogP contribution in [0.5, 0.6) is 5.75 Å². The van der Waals surface area contributed by atoms with Crippen LogP contribution in [0, 0.1) is 0 Å². The lowest BCUT2D eigenvalue weighted by Crippen LogP contribution is -2.16. The zero-order valence-electron chi connectivity index (χ0n) is 14.3. The SMILES string of the molecule is CCOC(=O)c1cnn(C2CCCCC2)c1-c1ccc(OC)cc1. The third-order valence-corrected chi connectivity index (χ3v) is 4.57. The van der Waals surface area contributed by atoms with Crippen LogP contribution in [-0.4, -0.2) is 29.5 Å². The summed E-state index contributed by atoms with van der Waals surface area (Å²) in [4.78, 5) is 12.4. The van der Waals surface area contributed by atoms with Crippen molar-refractivity contribution in [2.24, 2.45) is 0 Å². The van der Waals surface area contributed by atoms with E-state index in [1.54, 1.807) is 13.3 Å². The van der Waals surface area contributed by atoms with Crippen molar-refractivity contribution in [2.45, 2.75) is 45.1 Å². The van der Waals surface area contributed by atoms with Crippen LogP contribution in [0.1, 0.15) is 55.4 Å². The maximum absolute atomic E-state index is 12.4. The number of aromatic nitrogens is 2. The van der Waals surface area contributed by atoms with E-state index >= 15 is 0 Å². The molecule has 0 atom stereocenters. The third kappa shape index (κ3) is 3.30. The molecule has 1 aliphatic carbocycles. The Morgan fingerprint density at radius 2 is 1.92 bits per heavy atom. The van der Waals surface area contributed by atoms with Gasteiger partial charge in [-0.05, 0) is 44.0 Å². The fourth-order valence-corrected chi connectivity index (χ4v) is 3.36. The lowest BCUT2D eigenvalue weighted by molar-refractivity contribution is 0.0527. The van der Waals surface area contributed by atoms with Crippen molar-refractivity contribution in [1.82, 2.24) is 9.78 Å². The van der Waals surface area contributed by atoms with Gasteiger partial charge in [-0.3, -0.25) is 4.68 Å². The van der Waals surface area contributed by atoms with Crippen molar-refractivity contribution in [2.75, 3.05) is 13.7 Å². The first-order chi connectivity index (χ1) is 11.7. The van der Waals surface area contributed by atoms with E-state index in [2.05, 4.69) is 5.10 Å². The molecule has 0 amide bonds. The fraction of sp³-hybridized carbons (Fsp3) is 0.474. The highest BCUT2D eigenvalue weighted by Crippen LogP contribution is 2.34. The molecule has 0 unspecified atom stereocenters. The summed E-state index contributed by atoms with van der Waals surface area (Å²) in [5.41, 5.74) is 2.34. The molecule has 0 aliphatic heterocycles. The maximum Gasteiger partial charge on any atom is 0.341 e. The molecular formula is C19H24N2O3. The standard InChI is InChI=1S/C19H24N2O3/c1-3-24-19(22)17-13-20-21(15-7-5-4-6-8-15)18(17)14-9-11-16(23-2)12-10-14/h9-13,15H,3-8H2,1-2H3. The van der Waals surface area contributed by atoms with Gasteiger partial charge in [-0.25, -0.2) is 4.79 Å². The number of hydrogen-bond acceptors (Lipinski definition) is 4. The van der Waals surface area contributed by atoms with Crippen molar-refractivity contribution in [3.8, 4) is 17.0 Å². The molecule has 0 spiro atoms. The Morgan fingerprint density at radius 3 is 2.54 bits per heavy atom. The summed E-state index contributed by atoms with van der Waals surface area (Å²) in [6.07, 6.45) is 7.55. The van der Waals surface area contributed by atoms with Crippen LogP contribution in [0.15, 0.2) is 30.5 Å². The number of carbonyl (C=O) groups is 1. The van der Waals surface area contributed by atoms with Gasteiger partial charge in [-0.1, -0.05) is 19.3 Å². The number of carbonyl (C=O) groups excluding carboxylic acids is 1. The minimum absolute atomic E-state index is 0.314. The van der Waals surface area contributed by atoms with Crippen molar-refractivity contribution in [1.29, 1.82) is 0 Å². The van der Waals surface area contributed by atoms with Crippen LogP contribution in [0.2, 0.25) is 0 Å². The maximum atomic E-state index is 12.4. The Kier molecular flexibility index (Phi) is 5.18. The summed E-state index contributed by atoms with van der Waals surface area (Å²) >= 11 is 0. The smallest absolute Gasteiger partial charge is 0.341 e.